The van der Waals surface area contributed by atoms with E-state index in [-0.39, 0.29) is 0 Å². The molecule has 0 N–H and O–H groups in total. The van der Waals surface area contributed by atoms with Crippen LogP contribution in [0, 0.1) is 0 Å². The Morgan fingerprint density at radius 3 is 2.65 bits per heavy atom. The largest absolute Gasteiger partial charge is 0.422 e. The van der Waals surface area contributed by atoms with Crippen molar-refractivity contribution in [3.8, 4) is 11.4 Å². The molecule has 0 atom stereocenters. The maximum absolute atomic E-state index is 12.8. The first-order valence-corrected chi connectivity index (χ1v) is 11.5. The molecule has 0 fully saturated rings. The van der Waals surface area contributed by atoms with Gasteiger partial charge in [0, 0.05) is 53.2 Å². The number of nitrogens with zero attached hydrogens (tertiary/aromatic N) is 3. The van der Waals surface area contributed by atoms with Gasteiger partial charge in [0.1, 0.15) is 5.58 Å². The number of aromatic nitrogens is 2. The van der Waals surface area contributed by atoms with Gasteiger partial charge in [-0.25, -0.2) is 14.8 Å². The van der Waals surface area contributed by atoms with Crippen molar-refractivity contribution in [1.29, 1.82) is 0 Å². The van der Waals surface area contributed by atoms with Crippen LogP contribution in [0.1, 0.15) is 22.4 Å². The van der Waals surface area contributed by atoms with Crippen LogP contribution in [0.4, 0.5) is 13.2 Å². The maximum Gasteiger partial charge on any atom is 0.416 e. The van der Waals surface area contributed by atoms with E-state index in [1.165, 1.54) is 12.1 Å². The fourth-order valence-corrected chi connectivity index (χ4v) is 4.64. The van der Waals surface area contributed by atoms with E-state index >= 15 is 0 Å². The van der Waals surface area contributed by atoms with Gasteiger partial charge in [0.25, 0.3) is 0 Å². The molecule has 5 nitrogen and oxygen atoms in total. The van der Waals surface area contributed by atoms with Crippen molar-refractivity contribution < 1.29 is 17.6 Å². The second-order valence-electron chi connectivity index (χ2n) is 8.02. The van der Waals surface area contributed by atoms with E-state index < -0.39 is 17.4 Å². The summed E-state index contributed by atoms with van der Waals surface area (Å²) in [6.45, 7) is 1.45. The summed E-state index contributed by atoms with van der Waals surface area (Å²) in [4.78, 5) is 23.5. The van der Waals surface area contributed by atoms with E-state index in [2.05, 4.69) is 30.8 Å². The molecular formula is C24H16BrClF3N3O2. The van der Waals surface area contributed by atoms with Gasteiger partial charge in [-0.3, -0.25) is 4.90 Å². The average molecular weight is 551 g/mol. The zero-order chi connectivity index (χ0) is 24.0. The smallest absolute Gasteiger partial charge is 0.416 e. The van der Waals surface area contributed by atoms with Crippen LogP contribution in [0.5, 0.6) is 0 Å². The lowest BCUT2D eigenvalue weighted by molar-refractivity contribution is -0.137. The van der Waals surface area contributed by atoms with Gasteiger partial charge in [-0.1, -0.05) is 39.7 Å². The van der Waals surface area contributed by atoms with E-state index in [1.807, 2.05) is 6.07 Å². The van der Waals surface area contributed by atoms with Crippen LogP contribution in [-0.4, -0.2) is 21.4 Å². The molecule has 0 bridgehead atoms. The Bertz CT molecular complexity index is 1460. The lowest BCUT2D eigenvalue weighted by atomic mass is 10.1. The predicted molar refractivity (Wildman–Crippen MR) is 125 cm³/mol. The van der Waals surface area contributed by atoms with Crippen molar-refractivity contribution in [2.24, 2.45) is 0 Å². The Labute approximate surface area is 205 Å². The van der Waals surface area contributed by atoms with Crippen LogP contribution in [0.25, 0.3) is 22.4 Å². The number of rotatable bonds is 3. The minimum absolute atomic E-state index is 0.309. The third kappa shape index (κ3) is 4.47. The zero-order valence-corrected chi connectivity index (χ0v) is 19.8. The number of alkyl halides is 3. The van der Waals surface area contributed by atoms with Gasteiger partial charge in [-0.2, -0.15) is 13.2 Å². The van der Waals surface area contributed by atoms with Crippen LogP contribution in [-0.2, 0) is 25.7 Å². The van der Waals surface area contributed by atoms with Gasteiger partial charge in [-0.15, -0.1) is 0 Å². The van der Waals surface area contributed by atoms with Gasteiger partial charge >= 0.3 is 11.8 Å². The summed E-state index contributed by atoms with van der Waals surface area (Å²) < 4.78 is 44.7. The van der Waals surface area contributed by atoms with Crippen LogP contribution in [0.15, 0.2) is 62.3 Å². The molecule has 0 saturated heterocycles. The molecule has 4 aromatic rings. The molecule has 0 spiro atoms. The molecule has 2 aromatic heterocycles. The third-order valence-corrected chi connectivity index (χ3v) is 6.68. The molecule has 0 saturated carbocycles. The summed E-state index contributed by atoms with van der Waals surface area (Å²) in [5.74, 6) is 0.379. The molecule has 0 radical (unpaired) electrons. The van der Waals surface area contributed by atoms with E-state index in [0.717, 1.165) is 27.9 Å². The SMILES string of the molecule is O=c1oc2ccc(Br)cc2c(Cl)c1CN1CCc2nc(-c3ccc(C(F)(F)F)cc3)ncc2C1. The molecule has 1 aliphatic rings. The molecule has 34 heavy (non-hydrogen) atoms. The highest BCUT2D eigenvalue weighted by Gasteiger charge is 2.30. The molecule has 3 heterocycles. The van der Waals surface area contributed by atoms with Gasteiger partial charge in [0.05, 0.1) is 21.8 Å². The highest BCUT2D eigenvalue weighted by atomic mass is 79.9. The maximum atomic E-state index is 12.8. The highest BCUT2D eigenvalue weighted by molar-refractivity contribution is 9.10. The fraction of sp³-hybridized carbons (Fsp3) is 0.208. The first-order valence-electron chi connectivity index (χ1n) is 10.3. The van der Waals surface area contributed by atoms with Crippen molar-refractivity contribution in [1.82, 2.24) is 14.9 Å². The molecule has 0 amide bonds. The Balaban J connectivity index is 1.37. The Morgan fingerprint density at radius 2 is 1.91 bits per heavy atom. The molecule has 10 heteroatoms. The summed E-state index contributed by atoms with van der Waals surface area (Å²) in [6.07, 6.45) is -2.10. The van der Waals surface area contributed by atoms with Gasteiger partial charge < -0.3 is 4.42 Å². The summed E-state index contributed by atoms with van der Waals surface area (Å²) in [5, 5.41) is 1.03. The Kier molecular flexibility index (Phi) is 5.95. The number of halogens is 5. The quantitative estimate of drug-likeness (QED) is 0.283. The number of hydrogen-bond acceptors (Lipinski definition) is 5. The van der Waals surface area contributed by atoms with Gasteiger partial charge in [-0.05, 0) is 30.3 Å². The topological polar surface area (TPSA) is 59.2 Å². The summed E-state index contributed by atoms with van der Waals surface area (Å²) >= 11 is 9.97. The molecule has 2 aromatic carbocycles. The summed E-state index contributed by atoms with van der Waals surface area (Å²) in [6, 6.07) is 10.1. The van der Waals surface area contributed by atoms with Crippen LogP contribution >= 0.6 is 27.5 Å². The third-order valence-electron chi connectivity index (χ3n) is 5.76. The number of benzene rings is 2. The van der Waals surface area contributed by atoms with Crippen LogP contribution in [0.3, 0.4) is 0 Å². The highest BCUT2D eigenvalue weighted by Crippen LogP contribution is 2.32. The Hall–Kier alpha value is -2.75. The lowest BCUT2D eigenvalue weighted by Crippen LogP contribution is -2.32. The molecule has 0 unspecified atom stereocenters. The Morgan fingerprint density at radius 1 is 1.15 bits per heavy atom. The normalized spacial score (nSPS) is 14.4. The zero-order valence-electron chi connectivity index (χ0n) is 17.5. The number of hydrogen-bond donors (Lipinski definition) is 0. The molecule has 0 aliphatic carbocycles. The van der Waals surface area contributed by atoms with Gasteiger partial charge in [0.2, 0.25) is 0 Å². The standard InChI is InChI=1S/C24H16BrClF3N3O2/c25-16-5-6-20-17(9-16)21(26)18(23(33)34-20)12-32-8-7-19-14(11-32)10-30-22(31-19)13-1-3-15(4-2-13)24(27,28)29/h1-6,9-10H,7-8,11-12H2. The molecule has 5 rings (SSSR count). The molecular weight excluding hydrogens is 535 g/mol. The first kappa shape index (κ1) is 23.0. The predicted octanol–water partition coefficient (Wildman–Crippen LogP) is 6.24. The lowest BCUT2D eigenvalue weighted by Gasteiger charge is -2.28. The van der Waals surface area contributed by atoms with Crippen molar-refractivity contribution in [2.45, 2.75) is 25.7 Å². The second-order valence-corrected chi connectivity index (χ2v) is 9.32. The molecule has 174 valence electrons. The van der Waals surface area contributed by atoms with E-state index in [4.69, 9.17) is 16.0 Å². The number of fused-ring (bicyclic) bond motifs is 2. The molecule has 1 aliphatic heterocycles. The van der Waals surface area contributed by atoms with Crippen LogP contribution in [0.2, 0.25) is 5.02 Å². The monoisotopic (exact) mass is 549 g/mol. The summed E-state index contributed by atoms with van der Waals surface area (Å²) in [5.41, 5.74) is 1.87. The second kappa shape index (κ2) is 8.79. The minimum atomic E-state index is -4.39. The van der Waals surface area contributed by atoms with Crippen LogP contribution < -0.4 is 5.63 Å². The fourth-order valence-electron chi connectivity index (χ4n) is 3.99. The average Bonchev–Trinajstić information content (AvgIpc) is 2.81. The summed E-state index contributed by atoms with van der Waals surface area (Å²) in [7, 11) is 0. The first-order chi connectivity index (χ1) is 16.2. The van der Waals surface area contributed by atoms with E-state index in [0.29, 0.717) is 59.0 Å². The minimum Gasteiger partial charge on any atom is -0.422 e. The van der Waals surface area contributed by atoms with Crippen molar-refractivity contribution in [3.05, 3.63) is 91.0 Å². The van der Waals surface area contributed by atoms with Crippen molar-refractivity contribution in [2.75, 3.05) is 6.54 Å². The van der Waals surface area contributed by atoms with Gasteiger partial charge in [0.15, 0.2) is 5.82 Å². The van der Waals surface area contributed by atoms with Crippen molar-refractivity contribution in [3.63, 3.8) is 0 Å². The van der Waals surface area contributed by atoms with E-state index in [1.54, 1.807) is 18.3 Å². The van der Waals surface area contributed by atoms with Crippen molar-refractivity contribution >= 4 is 38.5 Å². The van der Waals surface area contributed by atoms with E-state index in [9.17, 15) is 18.0 Å².